The molecule has 1 aromatic heterocycles. The van der Waals surface area contributed by atoms with E-state index in [4.69, 9.17) is 0 Å². The van der Waals surface area contributed by atoms with Gasteiger partial charge in [0.05, 0.1) is 10.2 Å². The Labute approximate surface area is 108 Å². The highest BCUT2D eigenvalue weighted by atomic mass is 79.9. The smallest absolute Gasteiger partial charge is 0.108 e. The number of benzene rings is 1. The fourth-order valence-corrected chi connectivity index (χ4v) is 2.98. The third-order valence-corrected chi connectivity index (χ3v) is 3.73. The Bertz CT molecular complexity index is 479. The summed E-state index contributed by atoms with van der Waals surface area (Å²) in [5.74, 6) is 0.684. The topological polar surface area (TPSA) is 24.9 Å². The van der Waals surface area contributed by atoms with E-state index in [9.17, 15) is 0 Å². The van der Waals surface area contributed by atoms with E-state index in [1.165, 1.54) is 4.70 Å². The molecule has 0 atom stereocenters. The predicted octanol–water partition coefficient (Wildman–Crippen LogP) is 3.80. The summed E-state index contributed by atoms with van der Waals surface area (Å²) in [4.78, 5) is 4.59. The average molecular weight is 299 g/mol. The number of halogens is 1. The maximum absolute atomic E-state index is 4.59. The Morgan fingerprint density at radius 1 is 1.44 bits per heavy atom. The van der Waals surface area contributed by atoms with Gasteiger partial charge in [0.2, 0.25) is 0 Å². The summed E-state index contributed by atoms with van der Waals surface area (Å²) in [5.41, 5.74) is 1.09. The highest BCUT2D eigenvalue weighted by Gasteiger charge is 2.04. The van der Waals surface area contributed by atoms with Crippen LogP contribution in [0.3, 0.4) is 0 Å². The molecule has 0 amide bonds. The van der Waals surface area contributed by atoms with E-state index in [1.807, 2.05) is 6.07 Å². The van der Waals surface area contributed by atoms with E-state index in [0.717, 1.165) is 28.1 Å². The van der Waals surface area contributed by atoms with E-state index >= 15 is 0 Å². The second-order valence-corrected chi connectivity index (χ2v) is 6.28. The second-order valence-electron chi connectivity index (χ2n) is 4.24. The van der Waals surface area contributed by atoms with Crippen molar-refractivity contribution in [3.8, 4) is 0 Å². The van der Waals surface area contributed by atoms with Crippen molar-refractivity contribution < 1.29 is 0 Å². The monoisotopic (exact) mass is 298 g/mol. The summed E-state index contributed by atoms with van der Waals surface area (Å²) in [6.45, 7) is 6.33. The van der Waals surface area contributed by atoms with Crippen LogP contribution in [-0.4, -0.2) is 11.5 Å². The lowest BCUT2D eigenvalue weighted by atomic mass is 10.2. The van der Waals surface area contributed by atoms with Crippen LogP contribution in [0.1, 0.15) is 18.9 Å². The minimum atomic E-state index is 0.684. The van der Waals surface area contributed by atoms with E-state index in [1.54, 1.807) is 11.3 Å². The second kappa shape index (κ2) is 5.25. The third-order valence-electron chi connectivity index (χ3n) is 2.22. The molecule has 1 N–H and O–H groups in total. The molecule has 0 saturated carbocycles. The molecule has 2 rings (SSSR count). The standard InChI is InChI=1S/C12H15BrN2S/c1-8(2)6-14-7-12-15-10-4-3-9(13)5-11(10)16-12/h3-5,8,14H,6-7H2,1-2H3. The first-order chi connectivity index (χ1) is 7.65. The van der Waals surface area contributed by atoms with Gasteiger partial charge in [0.25, 0.3) is 0 Å². The zero-order valence-electron chi connectivity index (χ0n) is 9.46. The molecule has 0 aliphatic rings. The van der Waals surface area contributed by atoms with Crippen LogP contribution in [0.2, 0.25) is 0 Å². The number of aromatic nitrogens is 1. The molecular formula is C12H15BrN2S. The van der Waals surface area contributed by atoms with Gasteiger partial charge in [0.1, 0.15) is 5.01 Å². The number of nitrogens with one attached hydrogen (secondary N) is 1. The van der Waals surface area contributed by atoms with E-state index in [0.29, 0.717) is 5.92 Å². The number of nitrogens with zero attached hydrogens (tertiary/aromatic N) is 1. The van der Waals surface area contributed by atoms with Crippen LogP contribution < -0.4 is 5.32 Å². The van der Waals surface area contributed by atoms with Gasteiger partial charge in [-0.05, 0) is 30.7 Å². The summed E-state index contributed by atoms with van der Waals surface area (Å²) in [7, 11) is 0. The summed E-state index contributed by atoms with van der Waals surface area (Å²) in [6.07, 6.45) is 0. The third kappa shape index (κ3) is 3.03. The lowest BCUT2D eigenvalue weighted by molar-refractivity contribution is 0.552. The Morgan fingerprint density at radius 2 is 2.25 bits per heavy atom. The first-order valence-electron chi connectivity index (χ1n) is 5.41. The maximum Gasteiger partial charge on any atom is 0.108 e. The number of rotatable bonds is 4. The zero-order valence-corrected chi connectivity index (χ0v) is 11.9. The molecule has 2 aromatic rings. The van der Waals surface area contributed by atoms with E-state index in [2.05, 4.69) is 52.2 Å². The van der Waals surface area contributed by atoms with Gasteiger partial charge in [-0.25, -0.2) is 4.98 Å². The molecule has 1 aromatic carbocycles. The molecule has 0 saturated heterocycles. The Morgan fingerprint density at radius 3 is 3.00 bits per heavy atom. The molecule has 0 aliphatic heterocycles. The molecule has 86 valence electrons. The van der Waals surface area contributed by atoms with Crippen molar-refractivity contribution in [1.82, 2.24) is 10.3 Å². The van der Waals surface area contributed by atoms with Crippen molar-refractivity contribution in [3.63, 3.8) is 0 Å². The Hall–Kier alpha value is -0.450. The lowest BCUT2D eigenvalue weighted by Crippen LogP contribution is -2.18. The van der Waals surface area contributed by atoms with Crippen LogP contribution in [0.15, 0.2) is 22.7 Å². The first kappa shape index (κ1) is 12.0. The minimum absolute atomic E-state index is 0.684. The SMILES string of the molecule is CC(C)CNCc1nc2ccc(Br)cc2s1. The Kier molecular flexibility index (Phi) is 3.95. The highest BCUT2D eigenvalue weighted by molar-refractivity contribution is 9.10. The molecule has 0 bridgehead atoms. The molecule has 2 nitrogen and oxygen atoms in total. The van der Waals surface area contributed by atoms with Gasteiger partial charge in [-0.1, -0.05) is 29.8 Å². The fourth-order valence-electron chi connectivity index (χ4n) is 1.49. The molecule has 0 fully saturated rings. The number of hydrogen-bond donors (Lipinski definition) is 1. The van der Waals surface area contributed by atoms with Gasteiger partial charge in [0.15, 0.2) is 0 Å². The number of fused-ring (bicyclic) bond motifs is 1. The van der Waals surface area contributed by atoms with Gasteiger partial charge in [-0.2, -0.15) is 0 Å². The van der Waals surface area contributed by atoms with E-state index in [-0.39, 0.29) is 0 Å². The van der Waals surface area contributed by atoms with Crippen molar-refractivity contribution in [3.05, 3.63) is 27.7 Å². The predicted molar refractivity (Wildman–Crippen MR) is 73.9 cm³/mol. The van der Waals surface area contributed by atoms with Crippen molar-refractivity contribution in [2.45, 2.75) is 20.4 Å². The molecule has 0 spiro atoms. The molecule has 0 radical (unpaired) electrons. The van der Waals surface area contributed by atoms with Crippen molar-refractivity contribution in [2.24, 2.45) is 5.92 Å². The van der Waals surface area contributed by atoms with Crippen molar-refractivity contribution in [1.29, 1.82) is 0 Å². The van der Waals surface area contributed by atoms with Crippen LogP contribution >= 0.6 is 27.3 Å². The Balaban J connectivity index is 2.08. The van der Waals surface area contributed by atoms with Gasteiger partial charge in [-0.3, -0.25) is 0 Å². The summed E-state index contributed by atoms with van der Waals surface area (Å²) in [5, 5.41) is 4.57. The first-order valence-corrected chi connectivity index (χ1v) is 7.02. The lowest BCUT2D eigenvalue weighted by Gasteiger charge is -2.04. The normalized spacial score (nSPS) is 11.5. The molecule has 16 heavy (non-hydrogen) atoms. The van der Waals surface area contributed by atoms with Crippen LogP contribution in [-0.2, 0) is 6.54 Å². The van der Waals surface area contributed by atoms with Gasteiger partial charge >= 0.3 is 0 Å². The summed E-state index contributed by atoms with van der Waals surface area (Å²) >= 11 is 5.24. The minimum Gasteiger partial charge on any atom is -0.310 e. The zero-order chi connectivity index (χ0) is 11.5. The van der Waals surface area contributed by atoms with Crippen molar-refractivity contribution in [2.75, 3.05) is 6.54 Å². The van der Waals surface area contributed by atoms with E-state index < -0.39 is 0 Å². The maximum atomic E-state index is 4.59. The number of thiazole rings is 1. The quantitative estimate of drug-likeness (QED) is 0.928. The highest BCUT2D eigenvalue weighted by Crippen LogP contribution is 2.25. The van der Waals surface area contributed by atoms with Crippen LogP contribution in [0, 0.1) is 5.92 Å². The number of hydrogen-bond acceptors (Lipinski definition) is 3. The van der Waals surface area contributed by atoms with Gasteiger partial charge in [0, 0.05) is 11.0 Å². The van der Waals surface area contributed by atoms with Gasteiger partial charge in [-0.15, -0.1) is 11.3 Å². The van der Waals surface area contributed by atoms with Gasteiger partial charge < -0.3 is 5.32 Å². The van der Waals surface area contributed by atoms with Crippen molar-refractivity contribution >= 4 is 37.5 Å². The molecular weight excluding hydrogens is 284 g/mol. The summed E-state index contributed by atoms with van der Waals surface area (Å²) in [6, 6.07) is 6.22. The molecule has 0 unspecified atom stereocenters. The molecule has 0 aliphatic carbocycles. The molecule has 1 heterocycles. The van der Waals surface area contributed by atoms with Crippen LogP contribution in [0.5, 0.6) is 0 Å². The molecule has 4 heteroatoms. The largest absolute Gasteiger partial charge is 0.310 e. The fraction of sp³-hybridized carbons (Fsp3) is 0.417. The average Bonchev–Trinajstić information content (AvgIpc) is 2.58. The summed E-state index contributed by atoms with van der Waals surface area (Å²) < 4.78 is 2.36. The van der Waals surface area contributed by atoms with Crippen LogP contribution in [0.25, 0.3) is 10.2 Å². The van der Waals surface area contributed by atoms with Crippen LogP contribution in [0.4, 0.5) is 0 Å².